The zero-order valence-corrected chi connectivity index (χ0v) is 10.2. The molecule has 4 heteroatoms. The molecule has 0 radical (unpaired) electrons. The van der Waals surface area contributed by atoms with E-state index in [1.807, 2.05) is 6.33 Å². The Kier molecular flexibility index (Phi) is 4.29. The molecule has 0 atom stereocenters. The van der Waals surface area contributed by atoms with E-state index >= 15 is 0 Å². The largest absolute Gasteiger partial charge is 0.334 e. The van der Waals surface area contributed by atoms with Gasteiger partial charge in [-0.2, -0.15) is 0 Å². The SMILES string of the molecule is Cc1c(Br)ncn1CCCCBr. The zero-order chi connectivity index (χ0) is 8.97. The number of imidazole rings is 1. The molecule has 1 aromatic rings. The third-order valence-electron chi connectivity index (χ3n) is 1.82. The second kappa shape index (κ2) is 5.02. The number of aromatic nitrogens is 2. The van der Waals surface area contributed by atoms with Gasteiger partial charge in [-0.05, 0) is 35.7 Å². The number of alkyl halides is 1. The Morgan fingerprint density at radius 1 is 1.50 bits per heavy atom. The monoisotopic (exact) mass is 294 g/mol. The minimum Gasteiger partial charge on any atom is -0.334 e. The zero-order valence-electron chi connectivity index (χ0n) is 7.06. The highest BCUT2D eigenvalue weighted by molar-refractivity contribution is 9.10. The predicted octanol–water partition coefficient (Wildman–Crippen LogP) is 3.13. The molecule has 68 valence electrons. The molecule has 0 aliphatic carbocycles. The van der Waals surface area contributed by atoms with Crippen molar-refractivity contribution < 1.29 is 0 Å². The van der Waals surface area contributed by atoms with E-state index in [1.165, 1.54) is 18.5 Å². The van der Waals surface area contributed by atoms with Crippen LogP contribution in [-0.2, 0) is 6.54 Å². The molecule has 12 heavy (non-hydrogen) atoms. The maximum Gasteiger partial charge on any atom is 0.126 e. The molecule has 1 aromatic heterocycles. The van der Waals surface area contributed by atoms with Crippen LogP contribution in [0.25, 0.3) is 0 Å². The van der Waals surface area contributed by atoms with Crippen molar-refractivity contribution in [2.45, 2.75) is 26.3 Å². The Hall–Kier alpha value is 0.170. The van der Waals surface area contributed by atoms with Gasteiger partial charge in [0.25, 0.3) is 0 Å². The van der Waals surface area contributed by atoms with Crippen molar-refractivity contribution in [1.82, 2.24) is 9.55 Å². The Labute approximate surface area is 89.6 Å². The first-order valence-corrected chi connectivity index (χ1v) is 5.90. The number of halogens is 2. The van der Waals surface area contributed by atoms with Gasteiger partial charge in [0.1, 0.15) is 4.60 Å². The fourth-order valence-electron chi connectivity index (χ4n) is 1.02. The molecular formula is C8H12Br2N2. The summed E-state index contributed by atoms with van der Waals surface area (Å²) >= 11 is 6.80. The van der Waals surface area contributed by atoms with Crippen molar-refractivity contribution >= 4 is 31.9 Å². The third kappa shape index (κ3) is 2.59. The third-order valence-corrected chi connectivity index (χ3v) is 3.16. The van der Waals surface area contributed by atoms with E-state index in [-0.39, 0.29) is 0 Å². The van der Waals surface area contributed by atoms with Crippen molar-refractivity contribution in [3.8, 4) is 0 Å². The first-order valence-electron chi connectivity index (χ1n) is 3.99. The summed E-state index contributed by atoms with van der Waals surface area (Å²) in [5.74, 6) is 0. The van der Waals surface area contributed by atoms with Crippen molar-refractivity contribution in [1.29, 1.82) is 0 Å². The minimum absolute atomic E-state index is 0.960. The maximum atomic E-state index is 4.16. The molecule has 0 aliphatic rings. The quantitative estimate of drug-likeness (QED) is 0.616. The Balaban J connectivity index is 2.46. The van der Waals surface area contributed by atoms with Gasteiger partial charge in [0, 0.05) is 17.6 Å². The molecule has 1 rings (SSSR count). The molecule has 0 aliphatic heterocycles. The van der Waals surface area contributed by atoms with Gasteiger partial charge in [0.15, 0.2) is 0 Å². The van der Waals surface area contributed by atoms with Crippen molar-refractivity contribution in [3.63, 3.8) is 0 Å². The summed E-state index contributed by atoms with van der Waals surface area (Å²) in [4.78, 5) is 4.16. The number of nitrogens with zero attached hydrogens (tertiary/aromatic N) is 2. The lowest BCUT2D eigenvalue weighted by molar-refractivity contribution is 0.622. The normalized spacial score (nSPS) is 10.6. The highest BCUT2D eigenvalue weighted by atomic mass is 79.9. The van der Waals surface area contributed by atoms with Crippen LogP contribution < -0.4 is 0 Å². The molecule has 0 amide bonds. The molecule has 0 bridgehead atoms. The summed E-state index contributed by atoms with van der Waals surface area (Å²) in [5.41, 5.74) is 1.21. The fourth-order valence-corrected chi connectivity index (χ4v) is 1.74. The van der Waals surface area contributed by atoms with E-state index in [0.29, 0.717) is 0 Å². The fraction of sp³-hybridized carbons (Fsp3) is 0.625. The average Bonchev–Trinajstić information content (AvgIpc) is 2.36. The van der Waals surface area contributed by atoms with Crippen LogP contribution in [0.5, 0.6) is 0 Å². The standard InChI is InChI=1S/C8H12Br2N2/c1-7-8(10)11-6-12(7)5-3-2-4-9/h6H,2-5H2,1H3. The van der Waals surface area contributed by atoms with Gasteiger partial charge in [0.05, 0.1) is 6.33 Å². The van der Waals surface area contributed by atoms with Crippen LogP contribution in [0, 0.1) is 6.92 Å². The second-order valence-electron chi connectivity index (χ2n) is 2.71. The Bertz CT molecular complexity index is 245. The Morgan fingerprint density at radius 3 is 2.75 bits per heavy atom. The van der Waals surface area contributed by atoms with Crippen LogP contribution in [-0.4, -0.2) is 14.9 Å². The molecule has 0 saturated carbocycles. The van der Waals surface area contributed by atoms with Crippen molar-refractivity contribution in [3.05, 3.63) is 16.6 Å². The van der Waals surface area contributed by atoms with Gasteiger partial charge in [-0.3, -0.25) is 0 Å². The lowest BCUT2D eigenvalue weighted by Gasteiger charge is -2.02. The minimum atomic E-state index is 0.960. The van der Waals surface area contributed by atoms with Crippen molar-refractivity contribution in [2.75, 3.05) is 5.33 Å². The molecule has 0 N–H and O–H groups in total. The van der Waals surface area contributed by atoms with Crippen LogP contribution in [0.15, 0.2) is 10.9 Å². The summed E-state index contributed by atoms with van der Waals surface area (Å²) in [6.07, 6.45) is 4.30. The summed E-state index contributed by atoms with van der Waals surface area (Å²) in [6.45, 7) is 3.14. The molecule has 0 saturated heterocycles. The van der Waals surface area contributed by atoms with Crippen LogP contribution in [0.1, 0.15) is 18.5 Å². The molecule has 0 spiro atoms. The first kappa shape index (κ1) is 10.3. The molecule has 2 nitrogen and oxygen atoms in total. The second-order valence-corrected chi connectivity index (χ2v) is 4.25. The van der Waals surface area contributed by atoms with Gasteiger partial charge < -0.3 is 4.57 Å². The van der Waals surface area contributed by atoms with E-state index < -0.39 is 0 Å². The van der Waals surface area contributed by atoms with Crippen molar-refractivity contribution in [2.24, 2.45) is 0 Å². The van der Waals surface area contributed by atoms with Gasteiger partial charge in [0.2, 0.25) is 0 Å². The van der Waals surface area contributed by atoms with E-state index in [1.54, 1.807) is 0 Å². The average molecular weight is 296 g/mol. The first-order chi connectivity index (χ1) is 5.75. The molecule has 0 unspecified atom stereocenters. The number of rotatable bonds is 4. The molecular weight excluding hydrogens is 284 g/mol. The smallest absolute Gasteiger partial charge is 0.126 e. The van der Waals surface area contributed by atoms with Crippen LogP contribution in [0.4, 0.5) is 0 Å². The number of hydrogen-bond donors (Lipinski definition) is 0. The summed E-state index contributed by atoms with van der Waals surface area (Å²) in [5, 5.41) is 1.09. The predicted molar refractivity (Wildman–Crippen MR) is 57.7 cm³/mol. The van der Waals surface area contributed by atoms with Gasteiger partial charge in [-0.1, -0.05) is 15.9 Å². The van der Waals surface area contributed by atoms with E-state index in [2.05, 4.69) is 48.3 Å². The van der Waals surface area contributed by atoms with Gasteiger partial charge in [-0.25, -0.2) is 4.98 Å². The van der Waals surface area contributed by atoms with Gasteiger partial charge in [-0.15, -0.1) is 0 Å². The maximum absolute atomic E-state index is 4.16. The molecule has 1 heterocycles. The topological polar surface area (TPSA) is 17.8 Å². The van der Waals surface area contributed by atoms with E-state index in [4.69, 9.17) is 0 Å². The number of aryl methyl sites for hydroxylation is 1. The Morgan fingerprint density at radius 2 is 2.25 bits per heavy atom. The lowest BCUT2D eigenvalue weighted by atomic mass is 10.3. The van der Waals surface area contributed by atoms with E-state index in [9.17, 15) is 0 Å². The lowest BCUT2D eigenvalue weighted by Crippen LogP contribution is -1.98. The number of hydrogen-bond acceptors (Lipinski definition) is 1. The number of unbranched alkanes of at least 4 members (excludes halogenated alkanes) is 1. The van der Waals surface area contributed by atoms with E-state index in [0.717, 1.165) is 16.5 Å². The summed E-state index contributed by atoms with van der Waals surface area (Å²) in [7, 11) is 0. The highest BCUT2D eigenvalue weighted by Crippen LogP contribution is 2.13. The molecule has 0 fully saturated rings. The van der Waals surface area contributed by atoms with Crippen LogP contribution in [0.2, 0.25) is 0 Å². The summed E-state index contributed by atoms with van der Waals surface area (Å²) < 4.78 is 3.13. The van der Waals surface area contributed by atoms with Crippen LogP contribution >= 0.6 is 31.9 Å². The molecule has 0 aromatic carbocycles. The van der Waals surface area contributed by atoms with Crippen LogP contribution in [0.3, 0.4) is 0 Å². The summed E-state index contributed by atoms with van der Waals surface area (Å²) in [6, 6.07) is 0. The highest BCUT2D eigenvalue weighted by Gasteiger charge is 2.01. The van der Waals surface area contributed by atoms with Gasteiger partial charge >= 0.3 is 0 Å².